The molecule has 0 aromatic carbocycles. The first-order valence-corrected chi connectivity index (χ1v) is 2.97. The van der Waals surface area contributed by atoms with Crippen LogP contribution in [-0.4, -0.2) is 12.1 Å². The third kappa shape index (κ3) is 1.27. The van der Waals surface area contributed by atoms with Gasteiger partial charge in [0.2, 0.25) is 11.9 Å². The quantitative estimate of drug-likeness (QED) is 0.388. The standard InChI is InChI=1S/C6H5F4N/c1-2-3(7)5(9)11-6(10)4(2)8/h2-3H,1H3. The minimum atomic E-state index is -2.16. The van der Waals surface area contributed by atoms with Gasteiger partial charge < -0.3 is 0 Å². The Morgan fingerprint density at radius 2 is 1.82 bits per heavy atom. The highest BCUT2D eigenvalue weighted by molar-refractivity contribution is 5.82. The summed E-state index contributed by atoms with van der Waals surface area (Å²) in [4.78, 5) is 2.41. The van der Waals surface area contributed by atoms with Crippen LogP contribution in [0.2, 0.25) is 0 Å². The molecule has 2 unspecified atom stereocenters. The van der Waals surface area contributed by atoms with Gasteiger partial charge >= 0.3 is 0 Å². The first-order valence-electron chi connectivity index (χ1n) is 2.97. The van der Waals surface area contributed by atoms with Crippen molar-refractivity contribution >= 4 is 5.97 Å². The second-order valence-corrected chi connectivity index (χ2v) is 2.26. The third-order valence-electron chi connectivity index (χ3n) is 1.47. The molecule has 0 fully saturated rings. The van der Waals surface area contributed by atoms with E-state index in [9.17, 15) is 17.6 Å². The average molecular weight is 167 g/mol. The molecule has 0 radical (unpaired) electrons. The van der Waals surface area contributed by atoms with Crippen molar-refractivity contribution in [2.45, 2.75) is 13.1 Å². The normalized spacial score (nSPS) is 32.3. The molecule has 0 N–H and O–H groups in total. The molecule has 1 nitrogen and oxygen atoms in total. The molecule has 0 aliphatic carbocycles. The van der Waals surface area contributed by atoms with Gasteiger partial charge in [-0.1, -0.05) is 6.92 Å². The van der Waals surface area contributed by atoms with Crippen molar-refractivity contribution in [2.75, 3.05) is 0 Å². The summed E-state index contributed by atoms with van der Waals surface area (Å²) in [6.45, 7) is 1.05. The fraction of sp³-hybridized carbons (Fsp3) is 0.500. The summed E-state index contributed by atoms with van der Waals surface area (Å²) in [5.41, 5.74) is 0. The topological polar surface area (TPSA) is 12.4 Å². The summed E-state index contributed by atoms with van der Waals surface area (Å²) in [5, 5.41) is 0. The van der Waals surface area contributed by atoms with Gasteiger partial charge in [-0.15, -0.1) is 0 Å². The van der Waals surface area contributed by atoms with Crippen LogP contribution in [0, 0.1) is 5.92 Å². The van der Waals surface area contributed by atoms with E-state index in [2.05, 4.69) is 4.99 Å². The van der Waals surface area contributed by atoms with Crippen LogP contribution in [0.3, 0.4) is 0 Å². The van der Waals surface area contributed by atoms with Gasteiger partial charge in [0, 0.05) is 0 Å². The van der Waals surface area contributed by atoms with Crippen molar-refractivity contribution in [2.24, 2.45) is 10.9 Å². The van der Waals surface area contributed by atoms with E-state index in [-0.39, 0.29) is 0 Å². The number of hydrogen-bond donors (Lipinski definition) is 0. The Balaban J connectivity index is 3.01. The lowest BCUT2D eigenvalue weighted by molar-refractivity contribution is 0.278. The number of allylic oxidation sites excluding steroid dienone is 1. The molecule has 0 bridgehead atoms. The summed E-state index contributed by atoms with van der Waals surface area (Å²) in [5.74, 6) is -5.81. The molecular weight excluding hydrogens is 162 g/mol. The smallest absolute Gasteiger partial charge is 0.237 e. The molecule has 1 aliphatic rings. The van der Waals surface area contributed by atoms with Crippen LogP contribution >= 0.6 is 0 Å². The lowest BCUT2D eigenvalue weighted by Gasteiger charge is -2.15. The van der Waals surface area contributed by atoms with Gasteiger partial charge in [-0.3, -0.25) is 0 Å². The van der Waals surface area contributed by atoms with Crippen LogP contribution in [0.1, 0.15) is 6.92 Å². The Bertz CT molecular complexity index is 233. The van der Waals surface area contributed by atoms with E-state index in [1.54, 1.807) is 0 Å². The van der Waals surface area contributed by atoms with Crippen LogP contribution in [0.4, 0.5) is 17.6 Å². The van der Waals surface area contributed by atoms with Crippen molar-refractivity contribution in [3.63, 3.8) is 0 Å². The Hall–Kier alpha value is -0.870. The van der Waals surface area contributed by atoms with Crippen molar-refractivity contribution in [3.05, 3.63) is 11.8 Å². The molecule has 1 aliphatic heterocycles. The van der Waals surface area contributed by atoms with E-state index in [1.807, 2.05) is 0 Å². The van der Waals surface area contributed by atoms with Gasteiger partial charge in [-0.05, 0) is 0 Å². The Kier molecular flexibility index (Phi) is 1.97. The summed E-state index contributed by atoms with van der Waals surface area (Å²) in [6.07, 6.45) is -2.16. The number of alkyl halides is 1. The lowest BCUT2D eigenvalue weighted by Crippen LogP contribution is -2.24. The van der Waals surface area contributed by atoms with E-state index < -0.39 is 29.8 Å². The Morgan fingerprint density at radius 3 is 2.36 bits per heavy atom. The van der Waals surface area contributed by atoms with Crippen molar-refractivity contribution in [1.29, 1.82) is 0 Å². The highest BCUT2D eigenvalue weighted by Gasteiger charge is 2.33. The first-order chi connectivity index (χ1) is 5.04. The van der Waals surface area contributed by atoms with Crippen molar-refractivity contribution in [1.82, 2.24) is 0 Å². The second-order valence-electron chi connectivity index (χ2n) is 2.26. The van der Waals surface area contributed by atoms with Crippen LogP contribution in [0.5, 0.6) is 0 Å². The van der Waals surface area contributed by atoms with E-state index in [4.69, 9.17) is 0 Å². The molecule has 0 saturated heterocycles. The Labute approximate surface area is 60.4 Å². The second kappa shape index (κ2) is 2.64. The molecular formula is C6H5F4N. The summed E-state index contributed by atoms with van der Waals surface area (Å²) < 4.78 is 49.2. The highest BCUT2D eigenvalue weighted by atomic mass is 19.2. The van der Waals surface area contributed by atoms with Crippen molar-refractivity contribution < 1.29 is 17.6 Å². The number of hydrogen-bond acceptors (Lipinski definition) is 1. The predicted molar refractivity (Wildman–Crippen MR) is 31.8 cm³/mol. The molecule has 11 heavy (non-hydrogen) atoms. The zero-order valence-corrected chi connectivity index (χ0v) is 5.61. The van der Waals surface area contributed by atoms with E-state index in [1.165, 1.54) is 0 Å². The van der Waals surface area contributed by atoms with Crippen LogP contribution in [0.15, 0.2) is 16.8 Å². The molecule has 62 valence electrons. The maximum atomic E-state index is 12.4. The number of aliphatic imine (C=N–C) groups is 1. The summed E-state index contributed by atoms with van der Waals surface area (Å²) >= 11 is 0. The van der Waals surface area contributed by atoms with Crippen molar-refractivity contribution in [3.8, 4) is 0 Å². The first kappa shape index (κ1) is 8.23. The minimum Gasteiger partial charge on any atom is -0.237 e. The monoisotopic (exact) mass is 167 g/mol. The lowest BCUT2D eigenvalue weighted by atomic mass is 10.0. The predicted octanol–water partition coefficient (Wildman–Crippen LogP) is 2.45. The van der Waals surface area contributed by atoms with Gasteiger partial charge in [0.25, 0.3) is 0 Å². The number of rotatable bonds is 0. The zero-order valence-electron chi connectivity index (χ0n) is 5.61. The molecule has 1 rings (SSSR count). The van der Waals surface area contributed by atoms with Crippen LogP contribution < -0.4 is 0 Å². The minimum absolute atomic E-state index is 1.05. The van der Waals surface area contributed by atoms with Gasteiger partial charge in [0.05, 0.1) is 5.92 Å². The molecule has 0 saturated carbocycles. The highest BCUT2D eigenvalue weighted by Crippen LogP contribution is 2.29. The van der Waals surface area contributed by atoms with E-state index >= 15 is 0 Å². The van der Waals surface area contributed by atoms with Crippen LogP contribution in [-0.2, 0) is 0 Å². The maximum absolute atomic E-state index is 12.4. The number of nitrogens with zero attached hydrogens (tertiary/aromatic N) is 1. The summed E-state index contributed by atoms with van der Waals surface area (Å²) in [7, 11) is 0. The fourth-order valence-corrected chi connectivity index (χ4v) is 0.731. The molecule has 2 atom stereocenters. The molecule has 1 heterocycles. The van der Waals surface area contributed by atoms with Crippen LogP contribution in [0.25, 0.3) is 0 Å². The number of halogens is 4. The van der Waals surface area contributed by atoms with Gasteiger partial charge in [-0.2, -0.15) is 13.8 Å². The average Bonchev–Trinajstić information content (AvgIpc) is 1.97. The van der Waals surface area contributed by atoms with Gasteiger partial charge in [0.1, 0.15) is 0 Å². The molecule has 5 heteroatoms. The molecule has 0 amide bonds. The fourth-order valence-electron chi connectivity index (χ4n) is 0.731. The summed E-state index contributed by atoms with van der Waals surface area (Å²) in [6, 6.07) is 0. The maximum Gasteiger partial charge on any atom is 0.247 e. The SMILES string of the molecule is CC1C(F)=C(F)N=C(F)C1F. The van der Waals surface area contributed by atoms with Gasteiger partial charge in [-0.25, -0.2) is 8.78 Å². The molecule has 0 aromatic heterocycles. The third-order valence-corrected chi connectivity index (χ3v) is 1.47. The largest absolute Gasteiger partial charge is 0.247 e. The van der Waals surface area contributed by atoms with Gasteiger partial charge in [0.15, 0.2) is 12.0 Å². The molecule has 0 aromatic rings. The Morgan fingerprint density at radius 1 is 1.27 bits per heavy atom. The molecule has 0 spiro atoms. The van der Waals surface area contributed by atoms with E-state index in [0.29, 0.717) is 0 Å². The zero-order chi connectivity index (χ0) is 8.59. The van der Waals surface area contributed by atoms with E-state index in [0.717, 1.165) is 6.92 Å².